The molecular weight excluding hydrogens is 480 g/mol. The van der Waals surface area contributed by atoms with Crippen LogP contribution in [-0.2, 0) is 11.2 Å². The lowest BCUT2D eigenvalue weighted by molar-refractivity contribution is 0.122. The van der Waals surface area contributed by atoms with Gasteiger partial charge in [0.05, 0.1) is 24.3 Å². The van der Waals surface area contributed by atoms with Crippen molar-refractivity contribution < 1.29 is 9.15 Å². The van der Waals surface area contributed by atoms with E-state index in [4.69, 9.17) is 19.1 Å². The lowest BCUT2D eigenvalue weighted by Gasteiger charge is -2.27. The molecule has 38 heavy (non-hydrogen) atoms. The standard InChI is InChI=1S/C28H30N8O2/c1-2-6-20(7-3-1)22-17-23(34-33-22)30-28-31-24-21-16-19(8-11-35-9-4-5-10-35)18-29-27(21)38-25(24)26(32-28)36-12-14-37-15-13-36/h1-3,6-7,16-18H,4-5,8-15H2,(H2,30,31,32,33,34). The summed E-state index contributed by atoms with van der Waals surface area (Å²) in [5.41, 5.74) is 5.16. The topological polar surface area (TPSA) is 108 Å². The molecule has 2 fully saturated rings. The molecule has 5 aromatic rings. The third-order valence-electron chi connectivity index (χ3n) is 7.34. The minimum Gasteiger partial charge on any atom is -0.432 e. The quantitative estimate of drug-likeness (QED) is 0.330. The van der Waals surface area contributed by atoms with E-state index >= 15 is 0 Å². The molecule has 10 nitrogen and oxygen atoms in total. The van der Waals surface area contributed by atoms with Crippen molar-refractivity contribution >= 4 is 39.8 Å². The number of benzene rings is 1. The normalized spacial score (nSPS) is 16.6. The highest BCUT2D eigenvalue weighted by atomic mass is 16.5. The number of aromatic amines is 1. The monoisotopic (exact) mass is 510 g/mol. The first-order valence-electron chi connectivity index (χ1n) is 13.3. The van der Waals surface area contributed by atoms with Gasteiger partial charge in [0.15, 0.2) is 17.2 Å². The van der Waals surface area contributed by atoms with Crippen LogP contribution < -0.4 is 10.2 Å². The van der Waals surface area contributed by atoms with Crippen LogP contribution in [0.3, 0.4) is 0 Å². The summed E-state index contributed by atoms with van der Waals surface area (Å²) in [5, 5.41) is 11.8. The molecule has 10 heteroatoms. The molecule has 2 N–H and O–H groups in total. The first-order valence-corrected chi connectivity index (χ1v) is 13.3. The van der Waals surface area contributed by atoms with Gasteiger partial charge in [-0.3, -0.25) is 5.10 Å². The van der Waals surface area contributed by atoms with Gasteiger partial charge in [0, 0.05) is 31.9 Å². The molecule has 6 heterocycles. The fourth-order valence-corrected chi connectivity index (χ4v) is 5.30. The summed E-state index contributed by atoms with van der Waals surface area (Å²) >= 11 is 0. The molecule has 0 amide bonds. The van der Waals surface area contributed by atoms with E-state index in [-0.39, 0.29) is 0 Å². The molecule has 2 aliphatic heterocycles. The van der Waals surface area contributed by atoms with Gasteiger partial charge in [-0.05, 0) is 49.5 Å². The minimum atomic E-state index is 0.468. The van der Waals surface area contributed by atoms with Crippen LogP contribution in [0.2, 0.25) is 0 Å². The SMILES string of the molecule is c1ccc(-c2cc(Nc3nc(N4CCOCC4)c4oc5ncc(CCN6CCCC6)cc5c4n3)n[nH]2)cc1. The van der Waals surface area contributed by atoms with E-state index < -0.39 is 0 Å². The van der Waals surface area contributed by atoms with Gasteiger partial charge >= 0.3 is 0 Å². The van der Waals surface area contributed by atoms with E-state index in [0.29, 0.717) is 36.3 Å². The Bertz CT molecular complexity index is 1550. The van der Waals surface area contributed by atoms with Crippen LogP contribution >= 0.6 is 0 Å². The number of rotatable bonds is 7. The maximum atomic E-state index is 6.26. The lowest BCUT2D eigenvalue weighted by atomic mass is 10.1. The number of fused-ring (bicyclic) bond motifs is 3. The predicted octanol–water partition coefficient (Wildman–Crippen LogP) is 4.38. The molecule has 0 atom stereocenters. The van der Waals surface area contributed by atoms with Crippen molar-refractivity contribution in [2.45, 2.75) is 19.3 Å². The highest BCUT2D eigenvalue weighted by Crippen LogP contribution is 2.34. The number of hydrogen-bond acceptors (Lipinski definition) is 9. The number of aromatic nitrogens is 5. The van der Waals surface area contributed by atoms with Crippen molar-refractivity contribution in [3.8, 4) is 11.3 Å². The Balaban J connectivity index is 1.25. The minimum absolute atomic E-state index is 0.468. The molecule has 0 radical (unpaired) electrons. The summed E-state index contributed by atoms with van der Waals surface area (Å²) in [7, 11) is 0. The van der Waals surface area contributed by atoms with Crippen LogP contribution in [0.5, 0.6) is 0 Å². The van der Waals surface area contributed by atoms with Crippen molar-refractivity contribution in [3.05, 3.63) is 54.2 Å². The van der Waals surface area contributed by atoms with E-state index in [2.05, 4.69) is 36.4 Å². The van der Waals surface area contributed by atoms with Crippen LogP contribution in [0.15, 0.2) is 53.1 Å². The summed E-state index contributed by atoms with van der Waals surface area (Å²) in [6.45, 7) is 6.19. The summed E-state index contributed by atoms with van der Waals surface area (Å²) in [5.74, 6) is 1.86. The zero-order valence-corrected chi connectivity index (χ0v) is 21.2. The third-order valence-corrected chi connectivity index (χ3v) is 7.34. The van der Waals surface area contributed by atoms with Gasteiger partial charge < -0.3 is 24.3 Å². The maximum Gasteiger partial charge on any atom is 0.231 e. The van der Waals surface area contributed by atoms with E-state index in [1.807, 2.05) is 42.6 Å². The average Bonchev–Trinajstić information content (AvgIpc) is 3.73. The van der Waals surface area contributed by atoms with E-state index in [1.54, 1.807) is 0 Å². The molecule has 2 saturated heterocycles. The molecule has 0 spiro atoms. The van der Waals surface area contributed by atoms with Crippen LogP contribution in [0.1, 0.15) is 18.4 Å². The van der Waals surface area contributed by atoms with Crippen molar-refractivity contribution in [2.24, 2.45) is 0 Å². The zero-order valence-electron chi connectivity index (χ0n) is 21.2. The highest BCUT2D eigenvalue weighted by Gasteiger charge is 2.23. The smallest absolute Gasteiger partial charge is 0.231 e. The lowest BCUT2D eigenvalue weighted by Crippen LogP contribution is -2.37. The number of furan rings is 1. The molecule has 2 aliphatic rings. The van der Waals surface area contributed by atoms with Gasteiger partial charge in [-0.2, -0.15) is 10.1 Å². The summed E-state index contributed by atoms with van der Waals surface area (Å²) in [6, 6.07) is 14.2. The van der Waals surface area contributed by atoms with Crippen molar-refractivity contribution in [1.29, 1.82) is 0 Å². The molecule has 0 bridgehead atoms. The molecule has 4 aromatic heterocycles. The predicted molar refractivity (Wildman–Crippen MR) is 147 cm³/mol. The first kappa shape index (κ1) is 23.1. The maximum absolute atomic E-state index is 6.26. The van der Waals surface area contributed by atoms with Crippen molar-refractivity contribution in [1.82, 2.24) is 30.0 Å². The molecule has 1 aromatic carbocycles. The van der Waals surface area contributed by atoms with Gasteiger partial charge in [-0.15, -0.1) is 0 Å². The van der Waals surface area contributed by atoms with Crippen LogP contribution in [-0.4, -0.2) is 76.0 Å². The number of anilines is 3. The fourth-order valence-electron chi connectivity index (χ4n) is 5.30. The number of morpholine rings is 1. The van der Waals surface area contributed by atoms with Crippen LogP contribution in [0.4, 0.5) is 17.6 Å². The Kier molecular flexibility index (Phi) is 6.11. The van der Waals surface area contributed by atoms with Crippen molar-refractivity contribution in [3.63, 3.8) is 0 Å². The fraction of sp³-hybridized carbons (Fsp3) is 0.357. The van der Waals surface area contributed by atoms with Crippen LogP contribution in [0, 0.1) is 0 Å². The van der Waals surface area contributed by atoms with E-state index in [1.165, 1.54) is 31.5 Å². The number of pyridine rings is 1. The number of H-pyrrole nitrogens is 1. The Labute approximate surface area is 220 Å². The zero-order chi connectivity index (χ0) is 25.3. The number of ether oxygens (including phenoxy) is 1. The van der Waals surface area contributed by atoms with E-state index in [9.17, 15) is 0 Å². The molecule has 0 unspecified atom stereocenters. The number of nitrogens with one attached hydrogen (secondary N) is 2. The molecule has 0 saturated carbocycles. The van der Waals surface area contributed by atoms with Gasteiger partial charge in [0.25, 0.3) is 0 Å². The van der Waals surface area contributed by atoms with Gasteiger partial charge in [-0.25, -0.2) is 9.97 Å². The summed E-state index contributed by atoms with van der Waals surface area (Å²) < 4.78 is 11.8. The first-order chi connectivity index (χ1) is 18.8. The highest BCUT2D eigenvalue weighted by molar-refractivity contribution is 6.05. The summed E-state index contributed by atoms with van der Waals surface area (Å²) in [6.07, 6.45) is 5.47. The second-order valence-corrected chi connectivity index (χ2v) is 9.90. The largest absolute Gasteiger partial charge is 0.432 e. The molecular formula is C28H30N8O2. The summed E-state index contributed by atoms with van der Waals surface area (Å²) in [4.78, 5) is 19.1. The molecule has 7 rings (SSSR count). The second kappa shape index (κ2) is 10.0. The van der Waals surface area contributed by atoms with E-state index in [0.717, 1.165) is 54.0 Å². The molecule has 194 valence electrons. The second-order valence-electron chi connectivity index (χ2n) is 9.90. The number of likely N-dealkylation sites (tertiary alicyclic amines) is 1. The Morgan fingerprint density at radius 2 is 1.82 bits per heavy atom. The Morgan fingerprint density at radius 1 is 0.974 bits per heavy atom. The average molecular weight is 511 g/mol. The number of hydrogen-bond donors (Lipinski definition) is 2. The molecule has 0 aliphatic carbocycles. The van der Waals surface area contributed by atoms with Gasteiger partial charge in [-0.1, -0.05) is 30.3 Å². The number of nitrogens with zero attached hydrogens (tertiary/aromatic N) is 6. The third kappa shape index (κ3) is 4.57. The Hall–Kier alpha value is -4.02. The van der Waals surface area contributed by atoms with Crippen molar-refractivity contribution in [2.75, 3.05) is 56.2 Å². The van der Waals surface area contributed by atoms with Crippen LogP contribution in [0.25, 0.3) is 33.5 Å². The van der Waals surface area contributed by atoms with Gasteiger partial charge in [0.1, 0.15) is 5.52 Å². The van der Waals surface area contributed by atoms with Gasteiger partial charge in [0.2, 0.25) is 11.7 Å². The Morgan fingerprint density at radius 3 is 2.66 bits per heavy atom.